The Labute approximate surface area is 117 Å². The average molecular weight is 269 g/mol. The quantitative estimate of drug-likeness (QED) is 0.848. The molecule has 1 unspecified atom stereocenters. The van der Waals surface area contributed by atoms with Gasteiger partial charge in [-0.25, -0.2) is 0 Å². The molecule has 1 aliphatic heterocycles. The van der Waals surface area contributed by atoms with Crippen LogP contribution in [0.5, 0.6) is 11.5 Å². The summed E-state index contributed by atoms with van der Waals surface area (Å²) in [6.07, 6.45) is 1.45. The van der Waals surface area contributed by atoms with Crippen molar-refractivity contribution in [1.29, 1.82) is 0 Å². The van der Waals surface area contributed by atoms with E-state index < -0.39 is 0 Å². The largest absolute Gasteiger partial charge is 0.454 e. The fraction of sp³-hybridized carbons (Fsp3) is 0.188. The monoisotopic (exact) mass is 269 g/mol. The van der Waals surface area contributed by atoms with Crippen LogP contribution in [0.4, 0.5) is 0 Å². The van der Waals surface area contributed by atoms with Crippen molar-refractivity contribution >= 4 is 6.41 Å². The summed E-state index contributed by atoms with van der Waals surface area (Å²) in [7, 11) is 0. The lowest BCUT2D eigenvalue weighted by Gasteiger charge is -2.16. The van der Waals surface area contributed by atoms with Crippen LogP contribution in [-0.4, -0.2) is 13.2 Å². The Kier molecular flexibility index (Phi) is 3.54. The molecule has 2 aromatic carbocycles. The van der Waals surface area contributed by atoms with Crippen LogP contribution in [0, 0.1) is 0 Å². The van der Waals surface area contributed by atoms with E-state index in [-0.39, 0.29) is 12.8 Å². The normalized spacial score (nSPS) is 13.8. The maximum absolute atomic E-state index is 10.8. The van der Waals surface area contributed by atoms with Crippen molar-refractivity contribution in [3.05, 3.63) is 59.7 Å². The summed E-state index contributed by atoms with van der Waals surface area (Å²) in [5, 5.41) is 2.86. The SMILES string of the molecule is O=CNC(Cc1ccc2c(c1)OCO2)c1ccccc1. The van der Waals surface area contributed by atoms with Crippen molar-refractivity contribution in [3.8, 4) is 11.5 Å². The van der Waals surface area contributed by atoms with Crippen LogP contribution in [-0.2, 0) is 11.2 Å². The van der Waals surface area contributed by atoms with E-state index in [9.17, 15) is 4.79 Å². The predicted molar refractivity (Wildman–Crippen MR) is 74.7 cm³/mol. The molecule has 0 fully saturated rings. The molecule has 2 aromatic rings. The van der Waals surface area contributed by atoms with E-state index in [1.54, 1.807) is 0 Å². The minimum absolute atomic E-state index is 0.0472. The first-order valence-electron chi connectivity index (χ1n) is 6.50. The number of nitrogens with one attached hydrogen (secondary N) is 1. The smallest absolute Gasteiger partial charge is 0.231 e. The molecule has 0 spiro atoms. The second kappa shape index (κ2) is 5.65. The van der Waals surface area contributed by atoms with Crippen LogP contribution in [0.1, 0.15) is 17.2 Å². The highest BCUT2D eigenvalue weighted by atomic mass is 16.7. The van der Waals surface area contributed by atoms with Gasteiger partial charge in [-0.3, -0.25) is 4.79 Å². The van der Waals surface area contributed by atoms with E-state index >= 15 is 0 Å². The number of ether oxygens (including phenoxy) is 2. The summed E-state index contributed by atoms with van der Waals surface area (Å²) in [5.41, 5.74) is 2.18. The van der Waals surface area contributed by atoms with Gasteiger partial charge in [0.2, 0.25) is 13.2 Å². The van der Waals surface area contributed by atoms with Crippen molar-refractivity contribution in [2.45, 2.75) is 12.5 Å². The molecule has 0 radical (unpaired) electrons. The zero-order valence-corrected chi connectivity index (χ0v) is 10.9. The molecule has 20 heavy (non-hydrogen) atoms. The lowest BCUT2D eigenvalue weighted by atomic mass is 9.99. The van der Waals surface area contributed by atoms with Gasteiger partial charge in [0, 0.05) is 0 Å². The Morgan fingerprint density at radius 2 is 1.90 bits per heavy atom. The molecule has 0 aliphatic carbocycles. The van der Waals surface area contributed by atoms with E-state index in [0.29, 0.717) is 6.42 Å². The van der Waals surface area contributed by atoms with Gasteiger partial charge in [0.15, 0.2) is 11.5 Å². The van der Waals surface area contributed by atoms with Crippen molar-refractivity contribution in [2.24, 2.45) is 0 Å². The summed E-state index contributed by atoms with van der Waals surface area (Å²) < 4.78 is 10.7. The van der Waals surface area contributed by atoms with E-state index in [1.165, 1.54) is 0 Å². The highest BCUT2D eigenvalue weighted by molar-refractivity contribution is 5.49. The Morgan fingerprint density at radius 3 is 2.70 bits per heavy atom. The summed E-state index contributed by atoms with van der Waals surface area (Å²) in [6, 6.07) is 15.7. The van der Waals surface area contributed by atoms with Gasteiger partial charge in [-0.15, -0.1) is 0 Å². The van der Waals surface area contributed by atoms with Gasteiger partial charge in [0.25, 0.3) is 0 Å². The molecular formula is C16H15NO3. The molecule has 1 atom stereocenters. The first-order chi connectivity index (χ1) is 9.86. The number of hydrogen-bond donors (Lipinski definition) is 1. The highest BCUT2D eigenvalue weighted by Crippen LogP contribution is 2.33. The summed E-state index contributed by atoms with van der Waals surface area (Å²) in [5.74, 6) is 1.54. The molecule has 0 saturated carbocycles. The van der Waals surface area contributed by atoms with Crippen LogP contribution < -0.4 is 14.8 Å². The minimum atomic E-state index is -0.0472. The molecule has 0 aromatic heterocycles. The van der Waals surface area contributed by atoms with E-state index in [4.69, 9.17) is 9.47 Å². The Morgan fingerprint density at radius 1 is 1.10 bits per heavy atom. The highest BCUT2D eigenvalue weighted by Gasteiger charge is 2.16. The van der Waals surface area contributed by atoms with Crippen molar-refractivity contribution in [3.63, 3.8) is 0 Å². The number of benzene rings is 2. The maximum atomic E-state index is 10.8. The molecule has 1 aliphatic rings. The number of carbonyl (C=O) groups excluding carboxylic acids is 1. The van der Waals surface area contributed by atoms with Gasteiger partial charge < -0.3 is 14.8 Å². The first kappa shape index (κ1) is 12.5. The van der Waals surface area contributed by atoms with Crippen LogP contribution in [0.25, 0.3) is 0 Å². The molecule has 0 bridgehead atoms. The molecule has 3 rings (SSSR count). The first-order valence-corrected chi connectivity index (χ1v) is 6.50. The van der Waals surface area contributed by atoms with Crippen LogP contribution in [0.15, 0.2) is 48.5 Å². The third-order valence-electron chi connectivity index (χ3n) is 3.35. The van der Waals surface area contributed by atoms with Crippen molar-refractivity contribution < 1.29 is 14.3 Å². The third kappa shape index (κ3) is 2.59. The lowest BCUT2D eigenvalue weighted by molar-refractivity contribution is -0.110. The van der Waals surface area contributed by atoms with Crippen molar-refractivity contribution in [1.82, 2.24) is 5.32 Å². The maximum Gasteiger partial charge on any atom is 0.231 e. The zero-order valence-electron chi connectivity index (χ0n) is 10.9. The van der Waals surface area contributed by atoms with Crippen LogP contribution >= 0.6 is 0 Å². The zero-order chi connectivity index (χ0) is 13.8. The molecule has 0 saturated heterocycles. The predicted octanol–water partition coefficient (Wildman–Crippen LogP) is 2.45. The van der Waals surface area contributed by atoms with Gasteiger partial charge in [-0.05, 0) is 29.7 Å². The number of amides is 1. The molecule has 102 valence electrons. The molecule has 1 heterocycles. The van der Waals surface area contributed by atoms with Gasteiger partial charge in [0.1, 0.15) is 0 Å². The van der Waals surface area contributed by atoms with Crippen LogP contribution in [0.3, 0.4) is 0 Å². The van der Waals surface area contributed by atoms with Crippen molar-refractivity contribution in [2.75, 3.05) is 6.79 Å². The molecule has 4 heteroatoms. The van der Waals surface area contributed by atoms with Gasteiger partial charge in [0.05, 0.1) is 6.04 Å². The second-order valence-corrected chi connectivity index (χ2v) is 4.64. The summed E-state index contributed by atoms with van der Waals surface area (Å²) >= 11 is 0. The van der Waals surface area contributed by atoms with Crippen LogP contribution in [0.2, 0.25) is 0 Å². The standard InChI is InChI=1S/C16H15NO3/c18-10-17-14(13-4-2-1-3-5-13)8-12-6-7-15-16(9-12)20-11-19-15/h1-7,9-10,14H,8,11H2,(H,17,18). The van der Waals surface area contributed by atoms with Gasteiger partial charge in [-0.1, -0.05) is 36.4 Å². The lowest BCUT2D eigenvalue weighted by Crippen LogP contribution is -2.21. The summed E-state index contributed by atoms with van der Waals surface area (Å²) in [4.78, 5) is 10.8. The Hall–Kier alpha value is -2.49. The second-order valence-electron chi connectivity index (χ2n) is 4.64. The Balaban J connectivity index is 1.81. The Bertz CT molecular complexity index is 598. The number of carbonyl (C=O) groups is 1. The van der Waals surface area contributed by atoms with E-state index in [1.807, 2.05) is 48.5 Å². The molecule has 4 nitrogen and oxygen atoms in total. The van der Waals surface area contributed by atoms with Gasteiger partial charge in [-0.2, -0.15) is 0 Å². The minimum Gasteiger partial charge on any atom is -0.454 e. The summed E-state index contributed by atoms with van der Waals surface area (Å²) in [6.45, 7) is 0.271. The van der Waals surface area contributed by atoms with E-state index in [0.717, 1.165) is 29.0 Å². The fourth-order valence-electron chi connectivity index (χ4n) is 2.34. The molecular weight excluding hydrogens is 254 g/mol. The number of fused-ring (bicyclic) bond motifs is 1. The topological polar surface area (TPSA) is 47.6 Å². The third-order valence-corrected chi connectivity index (χ3v) is 3.35. The molecule has 1 N–H and O–H groups in total. The van der Waals surface area contributed by atoms with Gasteiger partial charge >= 0.3 is 0 Å². The fourth-order valence-corrected chi connectivity index (χ4v) is 2.34. The van der Waals surface area contributed by atoms with E-state index in [2.05, 4.69) is 5.32 Å². The molecule has 1 amide bonds. The average Bonchev–Trinajstić information content (AvgIpc) is 2.95. The number of rotatable bonds is 5. The number of hydrogen-bond acceptors (Lipinski definition) is 3.